The van der Waals surface area contributed by atoms with Crippen molar-refractivity contribution in [2.24, 2.45) is 5.92 Å². The summed E-state index contributed by atoms with van der Waals surface area (Å²) in [6.07, 6.45) is 7.21. The first-order valence-electron chi connectivity index (χ1n) is 7.06. The Bertz CT molecular complexity index is 507. The zero-order chi connectivity index (χ0) is 13.1. The fourth-order valence-electron chi connectivity index (χ4n) is 2.83. The lowest BCUT2D eigenvalue weighted by Crippen LogP contribution is -2.24. The zero-order valence-corrected chi connectivity index (χ0v) is 11.1. The SMILES string of the molecule is O=C(CC1C=CCC1)NCc1ccc2c(c1)CNC2. The number of carbonyl (C=O) groups is 1. The molecule has 0 aromatic heterocycles. The lowest BCUT2D eigenvalue weighted by Gasteiger charge is -2.09. The predicted octanol–water partition coefficient (Wildman–Crippen LogP) is 2.26. The van der Waals surface area contributed by atoms with Crippen LogP contribution in [0.5, 0.6) is 0 Å². The first-order chi connectivity index (χ1) is 9.31. The smallest absolute Gasteiger partial charge is 0.220 e. The van der Waals surface area contributed by atoms with Crippen LogP contribution in [0, 0.1) is 5.92 Å². The first kappa shape index (κ1) is 12.4. The van der Waals surface area contributed by atoms with Crippen molar-refractivity contribution in [3.8, 4) is 0 Å². The third-order valence-electron chi connectivity index (χ3n) is 3.95. The summed E-state index contributed by atoms with van der Waals surface area (Å²) in [7, 11) is 0. The second kappa shape index (κ2) is 5.57. The minimum absolute atomic E-state index is 0.162. The van der Waals surface area contributed by atoms with Gasteiger partial charge in [0.05, 0.1) is 0 Å². The number of allylic oxidation sites excluding steroid dienone is 2. The number of nitrogens with one attached hydrogen (secondary N) is 2. The Labute approximate surface area is 114 Å². The molecule has 3 heteroatoms. The van der Waals surface area contributed by atoms with Gasteiger partial charge in [0.25, 0.3) is 0 Å². The Kier molecular flexibility index (Phi) is 3.65. The van der Waals surface area contributed by atoms with E-state index in [1.807, 2.05) is 0 Å². The average Bonchev–Trinajstić information content (AvgIpc) is 3.06. The second-order valence-electron chi connectivity index (χ2n) is 5.45. The number of benzene rings is 1. The maximum Gasteiger partial charge on any atom is 0.220 e. The van der Waals surface area contributed by atoms with Gasteiger partial charge in [-0.15, -0.1) is 0 Å². The monoisotopic (exact) mass is 256 g/mol. The molecule has 0 radical (unpaired) electrons. The number of hydrogen-bond acceptors (Lipinski definition) is 2. The lowest BCUT2D eigenvalue weighted by molar-refractivity contribution is -0.121. The maximum absolute atomic E-state index is 11.8. The molecule has 1 aliphatic heterocycles. The number of fused-ring (bicyclic) bond motifs is 1. The van der Waals surface area contributed by atoms with Crippen LogP contribution in [0.1, 0.15) is 36.0 Å². The van der Waals surface area contributed by atoms with Crippen LogP contribution in [0.25, 0.3) is 0 Å². The van der Waals surface area contributed by atoms with Gasteiger partial charge in [0.15, 0.2) is 0 Å². The standard InChI is InChI=1S/C16H20N2O/c19-16(8-12-3-1-2-4-12)18-9-13-5-6-14-10-17-11-15(14)7-13/h1,3,5-7,12,17H,2,4,8-11H2,(H,18,19). The van der Waals surface area contributed by atoms with Gasteiger partial charge in [0, 0.05) is 26.1 Å². The maximum atomic E-state index is 11.8. The number of amides is 1. The predicted molar refractivity (Wildman–Crippen MR) is 75.3 cm³/mol. The molecule has 2 aliphatic rings. The van der Waals surface area contributed by atoms with E-state index < -0.39 is 0 Å². The summed E-state index contributed by atoms with van der Waals surface area (Å²) in [4.78, 5) is 11.8. The van der Waals surface area contributed by atoms with Crippen LogP contribution in [0.3, 0.4) is 0 Å². The van der Waals surface area contributed by atoms with E-state index in [9.17, 15) is 4.79 Å². The van der Waals surface area contributed by atoms with Crippen LogP contribution in [-0.4, -0.2) is 5.91 Å². The zero-order valence-electron chi connectivity index (χ0n) is 11.1. The van der Waals surface area contributed by atoms with Crippen LogP contribution in [0.15, 0.2) is 30.4 Å². The second-order valence-corrected chi connectivity index (χ2v) is 5.45. The van der Waals surface area contributed by atoms with Gasteiger partial charge in [-0.25, -0.2) is 0 Å². The summed E-state index contributed by atoms with van der Waals surface area (Å²) < 4.78 is 0. The number of hydrogen-bond donors (Lipinski definition) is 2. The summed E-state index contributed by atoms with van der Waals surface area (Å²) in [6, 6.07) is 6.48. The third-order valence-corrected chi connectivity index (χ3v) is 3.95. The molecule has 1 aromatic rings. The highest BCUT2D eigenvalue weighted by atomic mass is 16.1. The normalized spacial score (nSPS) is 20.5. The molecule has 0 saturated carbocycles. The van der Waals surface area contributed by atoms with Gasteiger partial charge in [-0.2, -0.15) is 0 Å². The molecule has 19 heavy (non-hydrogen) atoms. The van der Waals surface area contributed by atoms with Gasteiger partial charge in [0.1, 0.15) is 0 Å². The Morgan fingerprint density at radius 1 is 1.32 bits per heavy atom. The van der Waals surface area contributed by atoms with E-state index in [2.05, 4.69) is 41.0 Å². The summed E-state index contributed by atoms with van der Waals surface area (Å²) >= 11 is 0. The Balaban J connectivity index is 1.51. The Morgan fingerprint density at radius 3 is 3.05 bits per heavy atom. The largest absolute Gasteiger partial charge is 0.352 e. The van der Waals surface area contributed by atoms with Crippen molar-refractivity contribution in [1.82, 2.24) is 10.6 Å². The van der Waals surface area contributed by atoms with E-state index in [0.717, 1.165) is 25.9 Å². The average molecular weight is 256 g/mol. The summed E-state index contributed by atoms with van der Waals surface area (Å²) in [6.45, 7) is 2.56. The van der Waals surface area contributed by atoms with Gasteiger partial charge in [0.2, 0.25) is 5.91 Å². The molecule has 100 valence electrons. The fraction of sp³-hybridized carbons (Fsp3) is 0.438. The van der Waals surface area contributed by atoms with Crippen molar-refractivity contribution in [2.45, 2.75) is 38.9 Å². The van der Waals surface area contributed by atoms with Crippen LogP contribution in [-0.2, 0) is 24.4 Å². The molecular weight excluding hydrogens is 236 g/mol. The van der Waals surface area contributed by atoms with Crippen molar-refractivity contribution < 1.29 is 4.79 Å². The number of rotatable bonds is 4. The molecule has 1 atom stereocenters. The molecular formula is C16H20N2O. The van der Waals surface area contributed by atoms with Crippen molar-refractivity contribution in [3.63, 3.8) is 0 Å². The summed E-state index contributed by atoms with van der Waals surface area (Å²) in [5.74, 6) is 0.611. The highest BCUT2D eigenvalue weighted by molar-refractivity contribution is 5.76. The molecule has 0 bridgehead atoms. The van der Waals surface area contributed by atoms with Crippen molar-refractivity contribution >= 4 is 5.91 Å². The highest BCUT2D eigenvalue weighted by Gasteiger charge is 2.14. The fourth-order valence-corrected chi connectivity index (χ4v) is 2.83. The number of carbonyl (C=O) groups excluding carboxylic acids is 1. The van der Waals surface area contributed by atoms with Gasteiger partial charge in [-0.3, -0.25) is 4.79 Å². The molecule has 1 amide bonds. The molecule has 0 fully saturated rings. The van der Waals surface area contributed by atoms with Gasteiger partial charge in [-0.05, 0) is 35.4 Å². The topological polar surface area (TPSA) is 41.1 Å². The van der Waals surface area contributed by atoms with Crippen LogP contribution < -0.4 is 10.6 Å². The molecule has 1 aliphatic carbocycles. The van der Waals surface area contributed by atoms with E-state index in [-0.39, 0.29) is 5.91 Å². The Hall–Kier alpha value is -1.61. The Morgan fingerprint density at radius 2 is 2.21 bits per heavy atom. The molecule has 0 spiro atoms. The summed E-state index contributed by atoms with van der Waals surface area (Å²) in [5.41, 5.74) is 3.94. The minimum Gasteiger partial charge on any atom is -0.352 e. The van der Waals surface area contributed by atoms with E-state index in [4.69, 9.17) is 0 Å². The van der Waals surface area contributed by atoms with E-state index in [1.165, 1.54) is 16.7 Å². The molecule has 1 aromatic carbocycles. The molecule has 2 N–H and O–H groups in total. The molecule has 1 unspecified atom stereocenters. The third kappa shape index (κ3) is 3.04. The molecule has 0 saturated heterocycles. The van der Waals surface area contributed by atoms with Gasteiger partial charge in [-0.1, -0.05) is 30.4 Å². The van der Waals surface area contributed by atoms with Crippen LogP contribution >= 0.6 is 0 Å². The van der Waals surface area contributed by atoms with Crippen molar-refractivity contribution in [1.29, 1.82) is 0 Å². The highest BCUT2D eigenvalue weighted by Crippen LogP contribution is 2.20. The lowest BCUT2D eigenvalue weighted by atomic mass is 10.0. The van der Waals surface area contributed by atoms with E-state index in [0.29, 0.717) is 18.9 Å². The molecule has 3 rings (SSSR count). The van der Waals surface area contributed by atoms with E-state index >= 15 is 0 Å². The minimum atomic E-state index is 0.162. The van der Waals surface area contributed by atoms with Crippen LogP contribution in [0.2, 0.25) is 0 Å². The van der Waals surface area contributed by atoms with Gasteiger partial charge < -0.3 is 10.6 Å². The van der Waals surface area contributed by atoms with E-state index in [1.54, 1.807) is 0 Å². The molecule has 3 nitrogen and oxygen atoms in total. The van der Waals surface area contributed by atoms with Crippen molar-refractivity contribution in [2.75, 3.05) is 0 Å². The quantitative estimate of drug-likeness (QED) is 0.811. The van der Waals surface area contributed by atoms with Gasteiger partial charge >= 0.3 is 0 Å². The summed E-state index contributed by atoms with van der Waals surface area (Å²) in [5, 5.41) is 6.36. The molecule has 1 heterocycles. The van der Waals surface area contributed by atoms with Crippen molar-refractivity contribution in [3.05, 3.63) is 47.0 Å². The van der Waals surface area contributed by atoms with Crippen LogP contribution in [0.4, 0.5) is 0 Å². The first-order valence-corrected chi connectivity index (χ1v) is 7.06.